The molecule has 7 nitrogen and oxygen atoms in total. The van der Waals surface area contributed by atoms with Crippen LogP contribution in [0.3, 0.4) is 0 Å². The zero-order valence-corrected chi connectivity index (χ0v) is 14.1. The Morgan fingerprint density at radius 1 is 1.27 bits per heavy atom. The number of amides is 1. The summed E-state index contributed by atoms with van der Waals surface area (Å²) >= 11 is 0. The predicted octanol–water partition coefficient (Wildman–Crippen LogP) is 0.154. The van der Waals surface area contributed by atoms with Crippen LogP contribution in [0.2, 0.25) is 0 Å². The van der Waals surface area contributed by atoms with Crippen LogP contribution in [-0.2, 0) is 10.0 Å². The van der Waals surface area contributed by atoms with E-state index in [0.29, 0.717) is 18.7 Å². The smallest absolute Gasteiger partial charge is 0.257 e. The van der Waals surface area contributed by atoms with E-state index in [2.05, 4.69) is 35.5 Å². The summed E-state index contributed by atoms with van der Waals surface area (Å²) in [6.45, 7) is 5.46. The minimum atomic E-state index is -3.58. The summed E-state index contributed by atoms with van der Waals surface area (Å²) < 4.78 is 25.5. The second-order valence-electron chi connectivity index (χ2n) is 5.67. The van der Waals surface area contributed by atoms with Gasteiger partial charge in [-0.1, -0.05) is 0 Å². The van der Waals surface area contributed by atoms with Gasteiger partial charge in [-0.05, 0) is 40.1 Å². The van der Waals surface area contributed by atoms with Gasteiger partial charge >= 0.3 is 0 Å². The molecule has 2 rings (SSSR count). The van der Waals surface area contributed by atoms with Crippen LogP contribution in [0.5, 0.6) is 0 Å². The lowest BCUT2D eigenvalue weighted by Crippen LogP contribution is -2.56. The van der Waals surface area contributed by atoms with Gasteiger partial charge in [0.15, 0.2) is 5.03 Å². The molecule has 22 heavy (non-hydrogen) atoms. The van der Waals surface area contributed by atoms with Crippen molar-refractivity contribution in [2.75, 3.05) is 27.2 Å². The summed E-state index contributed by atoms with van der Waals surface area (Å²) in [6.07, 6.45) is 1.32. The van der Waals surface area contributed by atoms with Crippen LogP contribution in [0.15, 0.2) is 23.4 Å². The molecule has 0 aliphatic carbocycles. The molecule has 1 fully saturated rings. The topological polar surface area (TPSA) is 82.6 Å². The van der Waals surface area contributed by atoms with Crippen molar-refractivity contribution in [1.82, 2.24) is 19.5 Å². The lowest BCUT2D eigenvalue weighted by Gasteiger charge is -2.42. The number of hydrogen-bond acceptors (Lipinski definition) is 5. The number of sulfonamides is 1. The molecular weight excluding hydrogens is 304 g/mol. The molecule has 0 unspecified atom stereocenters. The van der Waals surface area contributed by atoms with Crippen LogP contribution >= 0.6 is 0 Å². The van der Waals surface area contributed by atoms with Crippen molar-refractivity contribution >= 4 is 15.9 Å². The van der Waals surface area contributed by atoms with E-state index in [-0.39, 0.29) is 23.0 Å². The van der Waals surface area contributed by atoms with Crippen molar-refractivity contribution in [3.8, 4) is 0 Å². The number of likely N-dealkylation sites (N-methyl/N-ethyl adjacent to an activating group) is 1. The number of aromatic nitrogens is 1. The molecule has 1 aliphatic rings. The number of carbonyl (C=O) groups excluding carboxylic acids is 1. The first-order chi connectivity index (χ1) is 10.3. The molecule has 1 aromatic rings. The van der Waals surface area contributed by atoms with Crippen molar-refractivity contribution in [2.24, 2.45) is 0 Å². The highest BCUT2D eigenvalue weighted by molar-refractivity contribution is 7.89. The van der Waals surface area contributed by atoms with E-state index in [4.69, 9.17) is 0 Å². The number of hydrogen-bond donors (Lipinski definition) is 1. The zero-order chi connectivity index (χ0) is 16.5. The monoisotopic (exact) mass is 326 g/mol. The van der Waals surface area contributed by atoms with Crippen molar-refractivity contribution < 1.29 is 13.2 Å². The third-order valence-electron chi connectivity index (χ3n) is 4.17. The van der Waals surface area contributed by atoms with Crippen LogP contribution in [0.4, 0.5) is 0 Å². The van der Waals surface area contributed by atoms with Crippen molar-refractivity contribution in [2.45, 2.75) is 31.0 Å². The summed E-state index contributed by atoms with van der Waals surface area (Å²) in [4.78, 5) is 20.4. The lowest BCUT2D eigenvalue weighted by molar-refractivity contribution is 0.0414. The van der Waals surface area contributed by atoms with Gasteiger partial charge in [-0.15, -0.1) is 0 Å². The molecule has 1 aliphatic heterocycles. The first-order valence-electron chi connectivity index (χ1n) is 7.17. The quantitative estimate of drug-likeness (QED) is 0.855. The van der Waals surface area contributed by atoms with E-state index in [1.807, 2.05) is 0 Å². The standard InChI is InChI=1S/C14H22N4O3S/c1-10-8-18(9-11(2)17(10)4)14(19)12-5-6-13(16-7-12)22(20,21)15-3/h5-7,10-11,15H,8-9H2,1-4H3/t10-,11+. The molecule has 2 heterocycles. The summed E-state index contributed by atoms with van der Waals surface area (Å²) in [5.74, 6) is -0.118. The second kappa shape index (κ2) is 6.31. The molecule has 0 bridgehead atoms. The van der Waals surface area contributed by atoms with E-state index in [9.17, 15) is 13.2 Å². The Morgan fingerprint density at radius 3 is 2.32 bits per heavy atom. The number of carbonyl (C=O) groups is 1. The van der Waals surface area contributed by atoms with Crippen molar-refractivity contribution in [3.05, 3.63) is 23.9 Å². The summed E-state index contributed by atoms with van der Waals surface area (Å²) in [5, 5.41) is -0.0911. The minimum absolute atomic E-state index is 0.0911. The van der Waals surface area contributed by atoms with Crippen molar-refractivity contribution in [3.63, 3.8) is 0 Å². The fourth-order valence-electron chi connectivity index (χ4n) is 2.52. The Balaban J connectivity index is 2.17. The van der Waals surface area contributed by atoms with Crippen LogP contribution in [0, 0.1) is 0 Å². The first kappa shape index (κ1) is 16.9. The summed E-state index contributed by atoms with van der Waals surface area (Å²) in [6, 6.07) is 3.42. The third-order valence-corrected chi connectivity index (χ3v) is 5.50. The first-order valence-corrected chi connectivity index (χ1v) is 8.65. The molecule has 1 saturated heterocycles. The van der Waals surface area contributed by atoms with E-state index in [1.54, 1.807) is 4.90 Å². The molecule has 0 saturated carbocycles. The maximum Gasteiger partial charge on any atom is 0.257 e. The Hall–Kier alpha value is -1.51. The van der Waals surface area contributed by atoms with E-state index < -0.39 is 10.0 Å². The van der Waals surface area contributed by atoms with Gasteiger partial charge in [-0.2, -0.15) is 0 Å². The molecule has 2 atom stereocenters. The van der Waals surface area contributed by atoms with Gasteiger partial charge in [-0.25, -0.2) is 18.1 Å². The van der Waals surface area contributed by atoms with Crippen LogP contribution in [-0.4, -0.2) is 68.4 Å². The fraction of sp³-hybridized carbons (Fsp3) is 0.571. The Morgan fingerprint density at radius 2 is 1.86 bits per heavy atom. The fourth-order valence-corrected chi connectivity index (χ4v) is 3.17. The maximum absolute atomic E-state index is 12.5. The lowest BCUT2D eigenvalue weighted by atomic mass is 10.1. The predicted molar refractivity (Wildman–Crippen MR) is 83.1 cm³/mol. The van der Waals surface area contributed by atoms with Gasteiger partial charge < -0.3 is 4.90 Å². The number of nitrogens with zero attached hydrogens (tertiary/aromatic N) is 3. The largest absolute Gasteiger partial charge is 0.335 e. The highest BCUT2D eigenvalue weighted by Crippen LogP contribution is 2.16. The van der Waals surface area contributed by atoms with Gasteiger partial charge in [0, 0.05) is 31.4 Å². The van der Waals surface area contributed by atoms with Gasteiger partial charge in [0.2, 0.25) is 0 Å². The minimum Gasteiger partial charge on any atom is -0.335 e. The number of piperazine rings is 1. The third kappa shape index (κ3) is 3.29. The zero-order valence-electron chi connectivity index (χ0n) is 13.3. The number of nitrogens with one attached hydrogen (secondary N) is 1. The van der Waals surface area contributed by atoms with Crippen LogP contribution in [0.25, 0.3) is 0 Å². The second-order valence-corrected chi connectivity index (χ2v) is 7.50. The van der Waals surface area contributed by atoms with E-state index >= 15 is 0 Å². The van der Waals surface area contributed by atoms with Crippen LogP contribution in [0.1, 0.15) is 24.2 Å². The molecule has 8 heteroatoms. The van der Waals surface area contributed by atoms with Gasteiger partial charge in [0.1, 0.15) is 0 Å². The molecule has 1 N–H and O–H groups in total. The Bertz CT molecular complexity index is 633. The molecule has 1 amide bonds. The maximum atomic E-state index is 12.5. The van der Waals surface area contributed by atoms with E-state index in [0.717, 1.165) is 0 Å². The Labute approximate surface area is 131 Å². The molecule has 0 radical (unpaired) electrons. The normalized spacial score (nSPS) is 23.5. The molecule has 122 valence electrons. The van der Waals surface area contributed by atoms with Gasteiger partial charge in [0.05, 0.1) is 5.56 Å². The highest BCUT2D eigenvalue weighted by Gasteiger charge is 2.30. The SMILES string of the molecule is CNS(=O)(=O)c1ccc(C(=O)N2C[C@@H](C)N(C)[C@@H](C)C2)cn1. The summed E-state index contributed by atoms with van der Waals surface area (Å²) in [7, 11) is -0.209. The molecule has 0 spiro atoms. The number of rotatable bonds is 3. The van der Waals surface area contributed by atoms with Gasteiger partial charge in [-0.3, -0.25) is 9.69 Å². The molecule has 1 aromatic heterocycles. The van der Waals surface area contributed by atoms with Crippen LogP contribution < -0.4 is 4.72 Å². The molecular formula is C14H22N4O3S. The molecule has 0 aromatic carbocycles. The Kier molecular flexibility index (Phi) is 4.84. The van der Waals surface area contributed by atoms with Crippen molar-refractivity contribution in [1.29, 1.82) is 0 Å². The highest BCUT2D eigenvalue weighted by atomic mass is 32.2. The summed E-state index contributed by atoms with van der Waals surface area (Å²) in [5.41, 5.74) is 0.402. The van der Waals surface area contributed by atoms with E-state index in [1.165, 1.54) is 25.4 Å². The van der Waals surface area contributed by atoms with Gasteiger partial charge in [0.25, 0.3) is 15.9 Å². The average molecular weight is 326 g/mol. The number of pyridine rings is 1. The average Bonchev–Trinajstić information content (AvgIpc) is 2.51.